The molecule has 0 atom stereocenters. The third-order valence-corrected chi connectivity index (χ3v) is 5.48. The zero-order valence-corrected chi connectivity index (χ0v) is 17.0. The number of hydrogen-bond acceptors (Lipinski definition) is 5. The predicted octanol–water partition coefficient (Wildman–Crippen LogP) is 4.33. The summed E-state index contributed by atoms with van der Waals surface area (Å²) >= 11 is 6.43. The Balaban J connectivity index is 2.04. The van der Waals surface area contributed by atoms with Crippen LogP contribution in [0.15, 0.2) is 24.3 Å². The SMILES string of the molecule is COc1cccc(F)c1-c1c(Cl)cc2c(N3CCCCC3)nc(C(N)=O)nc2c1F. The Hall–Kier alpha value is -3.00. The molecule has 9 heteroatoms. The van der Waals surface area contributed by atoms with Crippen LogP contribution in [0.1, 0.15) is 29.9 Å². The number of ether oxygens (including phenoxy) is 1. The quantitative estimate of drug-likeness (QED) is 0.663. The summed E-state index contributed by atoms with van der Waals surface area (Å²) in [6.07, 6.45) is 2.96. The summed E-state index contributed by atoms with van der Waals surface area (Å²) in [4.78, 5) is 22.1. The lowest BCUT2D eigenvalue weighted by Crippen LogP contribution is -2.31. The van der Waals surface area contributed by atoms with Gasteiger partial charge in [0.25, 0.3) is 5.91 Å². The number of aromatic nitrogens is 2. The minimum Gasteiger partial charge on any atom is -0.496 e. The van der Waals surface area contributed by atoms with E-state index in [1.165, 1.54) is 31.4 Å². The lowest BCUT2D eigenvalue weighted by atomic mass is 10.0. The Kier molecular flexibility index (Phi) is 5.42. The lowest BCUT2D eigenvalue weighted by Gasteiger charge is -2.29. The Morgan fingerprint density at radius 1 is 1.17 bits per heavy atom. The summed E-state index contributed by atoms with van der Waals surface area (Å²) in [5, 5.41) is 0.320. The molecule has 3 aromatic rings. The highest BCUT2D eigenvalue weighted by molar-refractivity contribution is 6.34. The second-order valence-corrected chi connectivity index (χ2v) is 7.45. The van der Waals surface area contributed by atoms with E-state index in [4.69, 9.17) is 22.1 Å². The fourth-order valence-corrected chi connectivity index (χ4v) is 4.07. The monoisotopic (exact) mass is 432 g/mol. The summed E-state index contributed by atoms with van der Waals surface area (Å²) < 4.78 is 35.6. The topological polar surface area (TPSA) is 81.3 Å². The largest absolute Gasteiger partial charge is 0.496 e. The first-order valence-corrected chi connectivity index (χ1v) is 9.87. The smallest absolute Gasteiger partial charge is 0.286 e. The zero-order chi connectivity index (χ0) is 21.4. The number of piperidine rings is 1. The molecule has 30 heavy (non-hydrogen) atoms. The number of nitrogens with two attached hydrogens (primary N) is 1. The van der Waals surface area contributed by atoms with Crippen LogP contribution in [-0.4, -0.2) is 36.1 Å². The minimum atomic E-state index is -0.880. The number of methoxy groups -OCH3 is 1. The maximum Gasteiger partial charge on any atom is 0.286 e. The zero-order valence-electron chi connectivity index (χ0n) is 16.2. The average molecular weight is 433 g/mol. The van der Waals surface area contributed by atoms with Crippen molar-refractivity contribution in [2.75, 3.05) is 25.1 Å². The van der Waals surface area contributed by atoms with Crippen LogP contribution in [0.25, 0.3) is 22.0 Å². The van der Waals surface area contributed by atoms with Gasteiger partial charge in [-0.25, -0.2) is 18.7 Å². The molecule has 0 bridgehead atoms. The van der Waals surface area contributed by atoms with Gasteiger partial charge in [-0.15, -0.1) is 0 Å². The maximum absolute atomic E-state index is 15.7. The molecule has 0 unspecified atom stereocenters. The molecule has 6 nitrogen and oxygen atoms in total. The summed E-state index contributed by atoms with van der Waals surface area (Å²) in [5.41, 5.74) is 4.92. The van der Waals surface area contributed by atoms with Crippen LogP contribution in [0.2, 0.25) is 5.02 Å². The molecule has 0 aliphatic carbocycles. The summed E-state index contributed by atoms with van der Waals surface area (Å²) in [5.74, 6) is -2.25. The highest BCUT2D eigenvalue weighted by Gasteiger charge is 2.26. The molecular weight excluding hydrogens is 414 g/mol. The van der Waals surface area contributed by atoms with Crippen molar-refractivity contribution < 1.29 is 18.3 Å². The molecular formula is C21H19ClF2N4O2. The lowest BCUT2D eigenvalue weighted by molar-refractivity contribution is 0.0991. The number of benzene rings is 2. The van der Waals surface area contributed by atoms with Gasteiger partial charge in [0, 0.05) is 24.0 Å². The van der Waals surface area contributed by atoms with Gasteiger partial charge < -0.3 is 15.4 Å². The first-order valence-electron chi connectivity index (χ1n) is 9.49. The van der Waals surface area contributed by atoms with E-state index < -0.39 is 17.5 Å². The van der Waals surface area contributed by atoms with Crippen molar-refractivity contribution in [3.05, 3.63) is 46.7 Å². The number of nitrogens with zero attached hydrogens (tertiary/aromatic N) is 3. The first-order chi connectivity index (χ1) is 14.4. The Morgan fingerprint density at radius 2 is 1.90 bits per heavy atom. The van der Waals surface area contributed by atoms with Gasteiger partial charge in [0.2, 0.25) is 5.82 Å². The number of hydrogen-bond donors (Lipinski definition) is 1. The Morgan fingerprint density at radius 3 is 2.57 bits per heavy atom. The number of rotatable bonds is 4. The fourth-order valence-electron chi connectivity index (χ4n) is 3.78. The molecule has 1 aromatic heterocycles. The fraction of sp³-hybridized carbons (Fsp3) is 0.286. The predicted molar refractivity (Wildman–Crippen MR) is 111 cm³/mol. The van der Waals surface area contributed by atoms with Gasteiger partial charge in [-0.3, -0.25) is 4.79 Å². The number of carbonyl (C=O) groups excluding carboxylic acids is 1. The van der Waals surface area contributed by atoms with E-state index in [-0.39, 0.29) is 33.2 Å². The summed E-state index contributed by atoms with van der Waals surface area (Å²) in [6, 6.07) is 5.64. The van der Waals surface area contributed by atoms with Crippen molar-refractivity contribution in [2.24, 2.45) is 5.73 Å². The van der Waals surface area contributed by atoms with Crippen LogP contribution in [0.4, 0.5) is 14.6 Å². The number of anilines is 1. The van der Waals surface area contributed by atoms with Crippen LogP contribution in [0.5, 0.6) is 5.75 Å². The van der Waals surface area contributed by atoms with Gasteiger partial charge in [-0.05, 0) is 37.5 Å². The molecule has 0 radical (unpaired) electrons. The number of fused-ring (bicyclic) bond motifs is 1. The molecule has 0 saturated carbocycles. The number of amides is 1. The van der Waals surface area contributed by atoms with Gasteiger partial charge in [-0.2, -0.15) is 0 Å². The molecule has 1 aliphatic rings. The molecule has 1 amide bonds. The van der Waals surface area contributed by atoms with E-state index in [1.54, 1.807) is 0 Å². The van der Waals surface area contributed by atoms with Gasteiger partial charge in [0.05, 0.1) is 17.7 Å². The minimum absolute atomic E-state index is 0.0166. The number of primary amides is 1. The molecule has 2 heterocycles. The van der Waals surface area contributed by atoms with Crippen LogP contribution < -0.4 is 15.4 Å². The molecule has 2 N–H and O–H groups in total. The third-order valence-electron chi connectivity index (χ3n) is 5.18. The summed E-state index contributed by atoms with van der Waals surface area (Å²) in [6.45, 7) is 1.40. The highest BCUT2D eigenvalue weighted by atomic mass is 35.5. The Bertz CT molecular complexity index is 1150. The highest BCUT2D eigenvalue weighted by Crippen LogP contribution is 2.42. The van der Waals surface area contributed by atoms with E-state index in [0.717, 1.165) is 19.3 Å². The van der Waals surface area contributed by atoms with E-state index in [9.17, 15) is 9.18 Å². The van der Waals surface area contributed by atoms with Crippen molar-refractivity contribution in [3.63, 3.8) is 0 Å². The van der Waals surface area contributed by atoms with E-state index in [2.05, 4.69) is 9.97 Å². The molecule has 1 aliphatic heterocycles. The maximum atomic E-state index is 15.7. The molecule has 0 spiro atoms. The van der Waals surface area contributed by atoms with Crippen molar-refractivity contribution in [3.8, 4) is 16.9 Å². The van der Waals surface area contributed by atoms with Crippen LogP contribution in [0, 0.1) is 11.6 Å². The standard InChI is InChI=1S/C21H19ClF2N4O2/c1-30-14-7-5-6-13(23)16(14)15-12(22)10-11-18(17(15)24)26-20(19(25)29)27-21(11)28-8-3-2-4-9-28/h5-7,10H,2-4,8-9H2,1H3,(H2,25,29). The first kappa shape index (κ1) is 20.3. The average Bonchev–Trinajstić information content (AvgIpc) is 2.74. The van der Waals surface area contributed by atoms with Crippen LogP contribution >= 0.6 is 11.6 Å². The van der Waals surface area contributed by atoms with Gasteiger partial charge in [0.1, 0.15) is 22.9 Å². The number of carbonyl (C=O) groups is 1. The summed E-state index contributed by atoms with van der Waals surface area (Å²) in [7, 11) is 1.35. The second kappa shape index (κ2) is 8.02. The molecule has 4 rings (SSSR count). The number of halogens is 3. The van der Waals surface area contributed by atoms with Gasteiger partial charge >= 0.3 is 0 Å². The van der Waals surface area contributed by atoms with Crippen molar-refractivity contribution in [2.45, 2.75) is 19.3 Å². The van der Waals surface area contributed by atoms with E-state index in [1.807, 2.05) is 4.90 Å². The second-order valence-electron chi connectivity index (χ2n) is 7.04. The molecule has 156 valence electrons. The third kappa shape index (κ3) is 3.41. The molecule has 1 saturated heterocycles. The van der Waals surface area contributed by atoms with Gasteiger partial charge in [0.15, 0.2) is 5.82 Å². The van der Waals surface area contributed by atoms with Crippen molar-refractivity contribution in [1.82, 2.24) is 9.97 Å². The van der Waals surface area contributed by atoms with Crippen molar-refractivity contribution in [1.29, 1.82) is 0 Å². The van der Waals surface area contributed by atoms with Crippen LogP contribution in [-0.2, 0) is 0 Å². The van der Waals surface area contributed by atoms with E-state index in [0.29, 0.717) is 24.3 Å². The van der Waals surface area contributed by atoms with Gasteiger partial charge in [-0.1, -0.05) is 17.7 Å². The van der Waals surface area contributed by atoms with E-state index >= 15 is 4.39 Å². The van der Waals surface area contributed by atoms with Crippen LogP contribution in [0.3, 0.4) is 0 Å². The normalized spacial score (nSPS) is 14.2. The Labute approximate surface area is 176 Å². The van der Waals surface area contributed by atoms with Crippen molar-refractivity contribution >= 4 is 34.2 Å². The molecule has 2 aromatic carbocycles. The molecule has 1 fully saturated rings.